The molecule has 0 spiro atoms. The van der Waals surface area contributed by atoms with Crippen molar-refractivity contribution in [1.29, 1.82) is 0 Å². The van der Waals surface area contributed by atoms with Gasteiger partial charge >= 0.3 is 6.61 Å². The molecule has 0 atom stereocenters. The quantitative estimate of drug-likeness (QED) is 0.348. The monoisotopic (exact) mass is 402 g/mol. The van der Waals surface area contributed by atoms with Gasteiger partial charge in [0, 0.05) is 5.39 Å². The van der Waals surface area contributed by atoms with Crippen LogP contribution in [0.5, 0.6) is 11.5 Å². The molecule has 0 unspecified atom stereocenters. The lowest BCUT2D eigenvalue weighted by Crippen LogP contribution is -2.06. The minimum absolute atomic E-state index is 0.144. The number of hydrogen-bond donors (Lipinski definition) is 0. The second kappa shape index (κ2) is 9.68. The number of ether oxygens (including phenoxy) is 2. The first kappa shape index (κ1) is 21.0. The van der Waals surface area contributed by atoms with E-state index in [1.165, 1.54) is 30.9 Å². The second-order valence-electron chi connectivity index (χ2n) is 6.92. The van der Waals surface area contributed by atoms with Crippen LogP contribution >= 0.6 is 0 Å². The van der Waals surface area contributed by atoms with Crippen LogP contribution in [0.1, 0.15) is 38.7 Å². The molecule has 29 heavy (non-hydrogen) atoms. The van der Waals surface area contributed by atoms with Crippen LogP contribution in [0, 0.1) is 5.82 Å². The van der Waals surface area contributed by atoms with Crippen LogP contribution in [0.15, 0.2) is 48.5 Å². The van der Waals surface area contributed by atoms with Crippen LogP contribution < -0.4 is 9.47 Å². The molecule has 3 aromatic rings. The Hall–Kier alpha value is -2.69. The molecule has 0 N–H and O–H groups in total. The van der Waals surface area contributed by atoms with Crippen molar-refractivity contribution in [2.45, 2.75) is 46.1 Å². The third kappa shape index (κ3) is 5.03. The highest BCUT2D eigenvalue weighted by Gasteiger charge is 2.19. The van der Waals surface area contributed by atoms with E-state index in [1.807, 2.05) is 18.2 Å². The topological polar surface area (TPSA) is 18.5 Å². The smallest absolute Gasteiger partial charge is 0.387 e. The van der Waals surface area contributed by atoms with Crippen LogP contribution in [0.3, 0.4) is 0 Å². The Bertz CT molecular complexity index is 952. The Balaban J connectivity index is 1.95. The predicted molar refractivity (Wildman–Crippen MR) is 110 cm³/mol. The van der Waals surface area contributed by atoms with Gasteiger partial charge < -0.3 is 9.47 Å². The van der Waals surface area contributed by atoms with E-state index in [1.54, 1.807) is 19.1 Å². The molecule has 0 saturated carbocycles. The standard InChI is InChI=1S/C24H25F3O2/c1-3-5-6-7-16-8-10-17(11-9-16)18-12-13-20-19(14-18)15-21(29-24(26)27)23(22(20)25)28-4-2/h8-15,24H,3-7H2,1-2H3. The molecule has 0 heterocycles. The largest absolute Gasteiger partial charge is 0.487 e. The zero-order valence-corrected chi connectivity index (χ0v) is 16.7. The molecule has 5 heteroatoms. The summed E-state index contributed by atoms with van der Waals surface area (Å²) in [5, 5.41) is 0.779. The lowest BCUT2D eigenvalue weighted by molar-refractivity contribution is -0.0515. The molecule has 0 aliphatic rings. The highest BCUT2D eigenvalue weighted by Crippen LogP contribution is 2.38. The molecule has 3 rings (SSSR count). The molecule has 0 aliphatic heterocycles. The van der Waals surface area contributed by atoms with Gasteiger partial charge in [0.25, 0.3) is 0 Å². The number of unbranched alkanes of at least 4 members (excludes halogenated alkanes) is 2. The van der Waals surface area contributed by atoms with Gasteiger partial charge in [0.05, 0.1) is 6.61 Å². The average molecular weight is 402 g/mol. The minimum Gasteiger partial charge on any atom is -0.487 e. The molecule has 0 saturated heterocycles. The van der Waals surface area contributed by atoms with Gasteiger partial charge in [-0.3, -0.25) is 0 Å². The molecule has 0 amide bonds. The van der Waals surface area contributed by atoms with E-state index in [-0.39, 0.29) is 18.1 Å². The lowest BCUT2D eigenvalue weighted by atomic mass is 9.98. The fraction of sp³-hybridized carbons (Fsp3) is 0.333. The molecular weight excluding hydrogens is 377 g/mol. The van der Waals surface area contributed by atoms with E-state index in [0.29, 0.717) is 10.8 Å². The third-order valence-electron chi connectivity index (χ3n) is 4.86. The van der Waals surface area contributed by atoms with E-state index in [9.17, 15) is 13.2 Å². The molecule has 0 aromatic heterocycles. The van der Waals surface area contributed by atoms with Crippen LogP contribution in [0.2, 0.25) is 0 Å². The predicted octanol–water partition coefficient (Wildman–Crippen LogP) is 7.38. The number of fused-ring (bicyclic) bond motifs is 1. The molecule has 154 valence electrons. The van der Waals surface area contributed by atoms with E-state index in [4.69, 9.17) is 4.74 Å². The van der Waals surface area contributed by atoms with Gasteiger partial charge in [0.2, 0.25) is 0 Å². The number of hydrogen-bond acceptors (Lipinski definition) is 2. The van der Waals surface area contributed by atoms with Crippen molar-refractivity contribution in [3.8, 4) is 22.6 Å². The minimum atomic E-state index is -3.06. The van der Waals surface area contributed by atoms with Crippen molar-refractivity contribution in [2.75, 3.05) is 6.61 Å². The number of alkyl halides is 2. The Labute approximate surface area is 169 Å². The summed E-state index contributed by atoms with van der Waals surface area (Å²) in [5.74, 6) is -1.28. The van der Waals surface area contributed by atoms with E-state index in [2.05, 4.69) is 23.8 Å². The summed E-state index contributed by atoms with van der Waals surface area (Å²) in [6.45, 7) is 0.922. The number of benzene rings is 3. The first-order valence-corrected chi connectivity index (χ1v) is 9.96. The summed E-state index contributed by atoms with van der Waals surface area (Å²) in [4.78, 5) is 0. The summed E-state index contributed by atoms with van der Waals surface area (Å²) < 4.78 is 50.1. The average Bonchev–Trinajstić information content (AvgIpc) is 2.71. The highest BCUT2D eigenvalue weighted by atomic mass is 19.3. The summed E-state index contributed by atoms with van der Waals surface area (Å²) >= 11 is 0. The fourth-order valence-electron chi connectivity index (χ4n) is 3.40. The van der Waals surface area contributed by atoms with E-state index >= 15 is 0 Å². The van der Waals surface area contributed by atoms with Crippen LogP contribution in [-0.2, 0) is 6.42 Å². The maximum Gasteiger partial charge on any atom is 0.387 e. The summed E-state index contributed by atoms with van der Waals surface area (Å²) in [7, 11) is 0. The van der Waals surface area contributed by atoms with Gasteiger partial charge in [-0.1, -0.05) is 56.2 Å². The van der Waals surface area contributed by atoms with Crippen molar-refractivity contribution in [2.24, 2.45) is 0 Å². The fourth-order valence-corrected chi connectivity index (χ4v) is 3.40. The Kier molecular flexibility index (Phi) is 7.02. The molecule has 2 nitrogen and oxygen atoms in total. The maximum absolute atomic E-state index is 14.9. The van der Waals surface area contributed by atoms with Gasteiger partial charge in [-0.15, -0.1) is 0 Å². The van der Waals surface area contributed by atoms with Crippen molar-refractivity contribution in [3.05, 3.63) is 59.9 Å². The van der Waals surface area contributed by atoms with E-state index < -0.39 is 12.4 Å². The van der Waals surface area contributed by atoms with Crippen molar-refractivity contribution in [3.63, 3.8) is 0 Å². The van der Waals surface area contributed by atoms with Gasteiger partial charge in [-0.25, -0.2) is 4.39 Å². The number of aryl methyl sites for hydroxylation is 1. The van der Waals surface area contributed by atoms with E-state index in [0.717, 1.165) is 17.5 Å². The molecule has 3 aromatic carbocycles. The first-order chi connectivity index (χ1) is 14.0. The van der Waals surface area contributed by atoms with Crippen molar-refractivity contribution in [1.82, 2.24) is 0 Å². The van der Waals surface area contributed by atoms with Crippen LogP contribution in [0.4, 0.5) is 13.2 Å². The Morgan fingerprint density at radius 2 is 1.62 bits per heavy atom. The summed E-state index contributed by atoms with van der Waals surface area (Å²) in [6, 6.07) is 14.9. The third-order valence-corrected chi connectivity index (χ3v) is 4.86. The van der Waals surface area contributed by atoms with Gasteiger partial charge in [-0.05, 0) is 54.0 Å². The molecule has 0 fully saturated rings. The molecule has 0 radical (unpaired) electrons. The number of rotatable bonds is 9. The SMILES string of the molecule is CCCCCc1ccc(-c2ccc3c(F)c(OCC)c(OC(F)F)cc3c2)cc1. The molecule has 0 bridgehead atoms. The zero-order chi connectivity index (χ0) is 20.8. The van der Waals surface area contributed by atoms with Crippen molar-refractivity contribution >= 4 is 10.8 Å². The Morgan fingerprint density at radius 3 is 2.28 bits per heavy atom. The first-order valence-electron chi connectivity index (χ1n) is 9.96. The van der Waals surface area contributed by atoms with Gasteiger partial charge in [-0.2, -0.15) is 8.78 Å². The Morgan fingerprint density at radius 1 is 0.897 bits per heavy atom. The lowest BCUT2D eigenvalue weighted by Gasteiger charge is -2.14. The summed E-state index contributed by atoms with van der Waals surface area (Å²) in [5.41, 5.74) is 3.14. The van der Waals surface area contributed by atoms with Gasteiger partial charge in [0.1, 0.15) is 0 Å². The zero-order valence-electron chi connectivity index (χ0n) is 16.7. The number of halogens is 3. The second-order valence-corrected chi connectivity index (χ2v) is 6.92. The molecule has 0 aliphatic carbocycles. The van der Waals surface area contributed by atoms with Crippen LogP contribution in [0.25, 0.3) is 21.9 Å². The normalized spacial score (nSPS) is 11.2. The van der Waals surface area contributed by atoms with Crippen LogP contribution in [-0.4, -0.2) is 13.2 Å². The molecular formula is C24H25F3O2. The maximum atomic E-state index is 14.9. The summed E-state index contributed by atoms with van der Waals surface area (Å²) in [6.07, 6.45) is 4.62. The van der Waals surface area contributed by atoms with Crippen molar-refractivity contribution < 1.29 is 22.6 Å². The highest BCUT2D eigenvalue weighted by molar-refractivity contribution is 5.90. The van der Waals surface area contributed by atoms with Gasteiger partial charge in [0.15, 0.2) is 17.3 Å².